The molecule has 4 nitrogen and oxygen atoms in total. The zero-order chi connectivity index (χ0) is 19.4. The number of hydrogen-bond acceptors (Lipinski definition) is 3. The fraction of sp³-hybridized carbons (Fsp3) is 0.429. The number of hydrogen-bond donors (Lipinski definition) is 0. The van der Waals surface area contributed by atoms with Crippen LogP contribution in [0.4, 0.5) is 13.2 Å². The van der Waals surface area contributed by atoms with Crippen molar-refractivity contribution in [2.45, 2.75) is 30.8 Å². The quantitative estimate of drug-likeness (QED) is 0.794. The minimum Gasteiger partial charge on any atom is -0.333 e. The molecule has 3 atom stereocenters. The van der Waals surface area contributed by atoms with E-state index in [0.29, 0.717) is 11.5 Å². The van der Waals surface area contributed by atoms with Crippen LogP contribution < -0.4 is 0 Å². The van der Waals surface area contributed by atoms with Gasteiger partial charge in [-0.15, -0.1) is 0 Å². The minimum atomic E-state index is -0.880. The molecule has 5 heterocycles. The van der Waals surface area contributed by atoms with Gasteiger partial charge in [0.2, 0.25) is 0 Å². The Morgan fingerprint density at radius 3 is 2.57 bits per heavy atom. The predicted molar refractivity (Wildman–Crippen MR) is 96.2 cm³/mol. The maximum atomic E-state index is 14.6. The molecule has 6 rings (SSSR count). The number of aromatic nitrogens is 1. The number of benzene rings is 1. The molecule has 0 aliphatic carbocycles. The van der Waals surface area contributed by atoms with Gasteiger partial charge in [0.1, 0.15) is 0 Å². The molecular formula is C21H20F3N3O. The van der Waals surface area contributed by atoms with E-state index in [-0.39, 0.29) is 30.1 Å². The van der Waals surface area contributed by atoms with E-state index in [9.17, 15) is 18.0 Å². The highest BCUT2D eigenvalue weighted by Crippen LogP contribution is 2.47. The van der Waals surface area contributed by atoms with Crippen molar-refractivity contribution in [3.05, 3.63) is 65.2 Å². The first-order valence-electron chi connectivity index (χ1n) is 9.64. The van der Waals surface area contributed by atoms with Crippen molar-refractivity contribution in [2.75, 3.05) is 19.6 Å². The molecule has 0 radical (unpaired) electrons. The summed E-state index contributed by atoms with van der Waals surface area (Å²) in [5.74, 6) is -2.83. The summed E-state index contributed by atoms with van der Waals surface area (Å²) in [4.78, 5) is 20.9. The fourth-order valence-electron chi connectivity index (χ4n) is 5.44. The first-order valence-corrected chi connectivity index (χ1v) is 9.64. The fourth-order valence-corrected chi connectivity index (χ4v) is 5.44. The van der Waals surface area contributed by atoms with Gasteiger partial charge in [0.25, 0.3) is 5.91 Å². The minimum absolute atomic E-state index is 0.0226. The van der Waals surface area contributed by atoms with Gasteiger partial charge in [-0.05, 0) is 49.5 Å². The van der Waals surface area contributed by atoms with E-state index in [1.54, 1.807) is 11.0 Å². The zero-order valence-corrected chi connectivity index (χ0v) is 15.2. The highest BCUT2D eigenvalue weighted by atomic mass is 19.2. The standard InChI is InChI=1S/C21H20F3N3O/c22-16-3-1-2-13(18(16)24)15-11-27(21(28)14-4-7-25-10-17(14)23)19-12-5-8-26(9-6-12)20(15)19/h1-4,7,10,12,15,19-20H,5-6,8-9,11H2/t15-,19+,20+/m1/s1. The van der Waals surface area contributed by atoms with E-state index in [2.05, 4.69) is 9.88 Å². The van der Waals surface area contributed by atoms with Crippen LogP contribution in [0.2, 0.25) is 0 Å². The van der Waals surface area contributed by atoms with Crippen LogP contribution in [0, 0.1) is 23.4 Å². The number of piperidine rings is 3. The van der Waals surface area contributed by atoms with Gasteiger partial charge in [-0.3, -0.25) is 14.7 Å². The summed E-state index contributed by atoms with van der Waals surface area (Å²) in [6, 6.07) is 5.40. The van der Waals surface area contributed by atoms with Gasteiger partial charge in [0, 0.05) is 24.7 Å². The Hall–Kier alpha value is -2.41. The maximum Gasteiger partial charge on any atom is 0.257 e. The third-order valence-corrected chi connectivity index (χ3v) is 6.64. The van der Waals surface area contributed by atoms with Crippen LogP contribution in [0.5, 0.6) is 0 Å². The lowest BCUT2D eigenvalue weighted by molar-refractivity contribution is -0.00372. The van der Waals surface area contributed by atoms with Gasteiger partial charge in [-0.2, -0.15) is 0 Å². The average Bonchev–Trinajstić information content (AvgIpc) is 3.13. The van der Waals surface area contributed by atoms with Crippen molar-refractivity contribution in [2.24, 2.45) is 5.92 Å². The molecule has 4 aliphatic heterocycles. The molecule has 0 unspecified atom stereocenters. The largest absolute Gasteiger partial charge is 0.333 e. The second-order valence-corrected chi connectivity index (χ2v) is 7.92. The lowest BCUT2D eigenvalue weighted by atomic mass is 9.75. The first-order chi connectivity index (χ1) is 13.6. The maximum absolute atomic E-state index is 14.6. The van der Waals surface area contributed by atoms with Crippen LogP contribution >= 0.6 is 0 Å². The molecule has 1 aromatic carbocycles. The number of nitrogens with zero attached hydrogens (tertiary/aromatic N) is 3. The number of fused-ring (bicyclic) bond motifs is 2. The Labute approximate surface area is 161 Å². The Morgan fingerprint density at radius 2 is 1.82 bits per heavy atom. The number of carbonyl (C=O) groups excluding carboxylic acids is 1. The molecule has 1 aromatic heterocycles. The molecule has 2 bridgehead atoms. The van der Waals surface area contributed by atoms with Gasteiger partial charge in [-0.1, -0.05) is 12.1 Å². The molecule has 4 saturated heterocycles. The topological polar surface area (TPSA) is 36.4 Å². The highest BCUT2D eigenvalue weighted by Gasteiger charge is 2.55. The van der Waals surface area contributed by atoms with Crippen molar-refractivity contribution in [3.8, 4) is 0 Å². The molecular weight excluding hydrogens is 367 g/mol. The molecule has 4 aliphatic rings. The van der Waals surface area contributed by atoms with E-state index in [4.69, 9.17) is 0 Å². The number of halogens is 3. The normalized spacial score (nSPS) is 31.1. The number of likely N-dealkylation sites (tertiary alicyclic amines) is 1. The number of pyridine rings is 1. The van der Waals surface area contributed by atoms with Crippen molar-refractivity contribution in [3.63, 3.8) is 0 Å². The third kappa shape index (κ3) is 2.56. The van der Waals surface area contributed by atoms with Crippen LogP contribution in [0.3, 0.4) is 0 Å². The van der Waals surface area contributed by atoms with Crippen LogP contribution in [-0.4, -0.2) is 52.4 Å². The molecule has 0 N–H and O–H groups in total. The monoisotopic (exact) mass is 387 g/mol. The van der Waals surface area contributed by atoms with Gasteiger partial charge in [0.15, 0.2) is 17.5 Å². The second-order valence-electron chi connectivity index (χ2n) is 7.92. The molecule has 4 fully saturated rings. The van der Waals surface area contributed by atoms with E-state index in [1.165, 1.54) is 18.3 Å². The lowest BCUT2D eigenvalue weighted by Crippen LogP contribution is -2.60. The smallest absolute Gasteiger partial charge is 0.257 e. The summed E-state index contributed by atoms with van der Waals surface area (Å²) >= 11 is 0. The van der Waals surface area contributed by atoms with Crippen LogP contribution in [-0.2, 0) is 0 Å². The van der Waals surface area contributed by atoms with Crippen LogP contribution in [0.25, 0.3) is 0 Å². The Kier molecular flexibility index (Phi) is 4.16. The van der Waals surface area contributed by atoms with Gasteiger partial charge in [-0.25, -0.2) is 13.2 Å². The molecule has 7 heteroatoms. The van der Waals surface area contributed by atoms with Crippen LogP contribution in [0.15, 0.2) is 36.7 Å². The molecule has 1 amide bonds. The zero-order valence-electron chi connectivity index (χ0n) is 15.2. The van der Waals surface area contributed by atoms with Crippen molar-refractivity contribution in [1.82, 2.24) is 14.8 Å². The molecule has 2 aromatic rings. The predicted octanol–water partition coefficient (Wildman–Crippen LogP) is 3.20. The average molecular weight is 387 g/mol. The number of carbonyl (C=O) groups is 1. The third-order valence-electron chi connectivity index (χ3n) is 6.64. The number of amides is 1. The summed E-state index contributed by atoms with van der Waals surface area (Å²) in [5, 5.41) is 0. The SMILES string of the molecule is O=C(c1ccncc1F)N1C[C@H](c2cccc(F)c2F)[C@H]2[C@@H]1C1CCN2CC1. The summed E-state index contributed by atoms with van der Waals surface area (Å²) in [6.07, 6.45) is 4.34. The van der Waals surface area contributed by atoms with E-state index < -0.39 is 23.4 Å². The second kappa shape index (κ2) is 6.58. The highest BCUT2D eigenvalue weighted by molar-refractivity contribution is 5.95. The Morgan fingerprint density at radius 1 is 1.04 bits per heavy atom. The van der Waals surface area contributed by atoms with Gasteiger partial charge < -0.3 is 4.90 Å². The lowest BCUT2D eigenvalue weighted by Gasteiger charge is -2.51. The summed E-state index contributed by atoms with van der Waals surface area (Å²) in [6.45, 7) is 2.04. The summed E-state index contributed by atoms with van der Waals surface area (Å²) in [7, 11) is 0. The number of rotatable bonds is 2. The first kappa shape index (κ1) is 17.7. The van der Waals surface area contributed by atoms with Crippen LogP contribution in [0.1, 0.15) is 34.7 Å². The van der Waals surface area contributed by atoms with Crippen molar-refractivity contribution >= 4 is 5.91 Å². The Bertz CT molecular complexity index is 929. The molecule has 0 saturated carbocycles. The van der Waals surface area contributed by atoms with Crippen molar-refractivity contribution < 1.29 is 18.0 Å². The molecule has 0 spiro atoms. The van der Waals surface area contributed by atoms with E-state index >= 15 is 0 Å². The van der Waals surface area contributed by atoms with Gasteiger partial charge in [0.05, 0.1) is 17.8 Å². The molecule has 28 heavy (non-hydrogen) atoms. The van der Waals surface area contributed by atoms with Gasteiger partial charge >= 0.3 is 0 Å². The summed E-state index contributed by atoms with van der Waals surface area (Å²) < 4.78 is 42.7. The molecule has 146 valence electrons. The Balaban J connectivity index is 1.57. The summed E-state index contributed by atoms with van der Waals surface area (Å²) in [5.41, 5.74) is 0.276. The van der Waals surface area contributed by atoms with E-state index in [1.807, 2.05) is 0 Å². The van der Waals surface area contributed by atoms with Crippen molar-refractivity contribution in [1.29, 1.82) is 0 Å². The van der Waals surface area contributed by atoms with E-state index in [0.717, 1.165) is 38.2 Å².